The first-order chi connectivity index (χ1) is 13.1. The maximum Gasteiger partial charge on any atom is 0.261 e. The average molecular weight is 497 g/mol. The molecule has 0 unspecified atom stereocenters. The largest absolute Gasteiger partial charge is 0.356 e. The monoisotopic (exact) mass is 497 g/mol. The van der Waals surface area contributed by atoms with Crippen molar-refractivity contribution >= 4 is 41.8 Å². The maximum atomic E-state index is 12.3. The van der Waals surface area contributed by atoms with Crippen LogP contribution in [0.2, 0.25) is 0 Å². The van der Waals surface area contributed by atoms with E-state index in [-0.39, 0.29) is 35.8 Å². The molecule has 2 amide bonds. The molecule has 0 aliphatic carbocycles. The molecule has 10 heteroatoms. The molecule has 0 atom stereocenters. The SMILES string of the molecule is CN=C(NCCCCN1C(=O)c2ccccc2C1=O)NCc1ncnn1C.I. The standard InChI is InChI=1S/C18H23N7O2.HI/c1-19-18(21-11-15-22-12-23-24(15)2)20-9-5-6-10-25-16(26)13-7-3-4-8-14(13)17(25)27;/h3-4,7-8,12H,5-6,9-11H2,1-2H3,(H2,19,20,21);1H. The zero-order valence-corrected chi connectivity index (χ0v) is 18.2. The molecule has 2 N–H and O–H groups in total. The summed E-state index contributed by atoms with van der Waals surface area (Å²) in [4.78, 5) is 34.2. The van der Waals surface area contributed by atoms with Gasteiger partial charge in [0.15, 0.2) is 5.96 Å². The Kier molecular flexibility index (Phi) is 7.91. The van der Waals surface area contributed by atoms with Gasteiger partial charge in [-0.3, -0.25) is 24.2 Å². The van der Waals surface area contributed by atoms with Crippen LogP contribution < -0.4 is 10.6 Å². The topological polar surface area (TPSA) is 105 Å². The first-order valence-corrected chi connectivity index (χ1v) is 8.84. The number of benzene rings is 1. The first kappa shape index (κ1) is 21.8. The van der Waals surface area contributed by atoms with Crippen molar-refractivity contribution in [1.82, 2.24) is 30.3 Å². The number of halogens is 1. The zero-order valence-electron chi connectivity index (χ0n) is 15.9. The fourth-order valence-corrected chi connectivity index (χ4v) is 2.91. The van der Waals surface area contributed by atoms with Gasteiger partial charge in [0.25, 0.3) is 11.8 Å². The number of nitrogens with one attached hydrogen (secondary N) is 2. The lowest BCUT2D eigenvalue weighted by Crippen LogP contribution is -2.38. The van der Waals surface area contributed by atoms with Crippen LogP contribution in [0.5, 0.6) is 0 Å². The van der Waals surface area contributed by atoms with Gasteiger partial charge in [0, 0.05) is 27.2 Å². The van der Waals surface area contributed by atoms with Crippen LogP contribution in [-0.2, 0) is 13.6 Å². The number of carbonyl (C=O) groups is 2. The van der Waals surface area contributed by atoms with Crippen molar-refractivity contribution < 1.29 is 9.59 Å². The van der Waals surface area contributed by atoms with E-state index in [0.717, 1.165) is 18.7 Å². The van der Waals surface area contributed by atoms with Crippen LogP contribution in [-0.4, -0.2) is 57.6 Å². The van der Waals surface area contributed by atoms with Crippen molar-refractivity contribution in [2.75, 3.05) is 20.1 Å². The highest BCUT2D eigenvalue weighted by molar-refractivity contribution is 14.0. The van der Waals surface area contributed by atoms with E-state index in [1.54, 1.807) is 36.0 Å². The predicted octanol–water partition coefficient (Wildman–Crippen LogP) is 1.17. The summed E-state index contributed by atoms with van der Waals surface area (Å²) in [5.41, 5.74) is 0.989. The molecule has 2 heterocycles. The van der Waals surface area contributed by atoms with Gasteiger partial charge in [-0.2, -0.15) is 5.10 Å². The third kappa shape index (κ3) is 4.86. The Hall–Kier alpha value is -2.50. The number of hydrogen-bond acceptors (Lipinski definition) is 5. The maximum absolute atomic E-state index is 12.3. The van der Waals surface area contributed by atoms with Crippen LogP contribution in [0.25, 0.3) is 0 Å². The van der Waals surface area contributed by atoms with E-state index in [0.29, 0.717) is 36.7 Å². The van der Waals surface area contributed by atoms with Gasteiger partial charge < -0.3 is 10.6 Å². The van der Waals surface area contributed by atoms with Crippen LogP contribution in [0, 0.1) is 0 Å². The highest BCUT2D eigenvalue weighted by Crippen LogP contribution is 2.22. The van der Waals surface area contributed by atoms with E-state index in [9.17, 15) is 9.59 Å². The number of guanidine groups is 1. The Bertz CT molecular complexity index is 830. The van der Waals surface area contributed by atoms with Crippen molar-refractivity contribution in [2.45, 2.75) is 19.4 Å². The highest BCUT2D eigenvalue weighted by Gasteiger charge is 2.34. The van der Waals surface area contributed by atoms with Gasteiger partial charge in [-0.1, -0.05) is 12.1 Å². The van der Waals surface area contributed by atoms with Crippen molar-refractivity contribution in [3.63, 3.8) is 0 Å². The Balaban J connectivity index is 0.00000280. The smallest absolute Gasteiger partial charge is 0.261 e. The summed E-state index contributed by atoms with van der Waals surface area (Å²) < 4.78 is 1.70. The molecule has 0 radical (unpaired) electrons. The van der Waals surface area contributed by atoms with Crippen LogP contribution in [0.1, 0.15) is 39.4 Å². The molecule has 0 bridgehead atoms. The second-order valence-electron chi connectivity index (χ2n) is 6.17. The minimum Gasteiger partial charge on any atom is -0.356 e. The number of carbonyl (C=O) groups excluding carboxylic acids is 2. The summed E-state index contributed by atoms with van der Waals surface area (Å²) >= 11 is 0. The lowest BCUT2D eigenvalue weighted by atomic mass is 10.1. The van der Waals surface area contributed by atoms with Crippen molar-refractivity contribution in [3.8, 4) is 0 Å². The molecule has 2 aromatic rings. The van der Waals surface area contributed by atoms with Crippen LogP contribution >= 0.6 is 24.0 Å². The number of amides is 2. The van der Waals surface area contributed by atoms with Gasteiger partial charge in [-0.05, 0) is 25.0 Å². The summed E-state index contributed by atoms with van der Waals surface area (Å²) in [5.74, 6) is 1.07. The third-order valence-corrected chi connectivity index (χ3v) is 4.42. The second kappa shape index (κ2) is 10.2. The lowest BCUT2D eigenvalue weighted by molar-refractivity contribution is 0.0652. The Morgan fingerprint density at radius 3 is 2.36 bits per heavy atom. The molecule has 1 aromatic carbocycles. The van der Waals surface area contributed by atoms with Crippen molar-refractivity contribution in [2.24, 2.45) is 12.0 Å². The van der Waals surface area contributed by atoms with E-state index in [2.05, 4.69) is 25.7 Å². The molecule has 0 saturated carbocycles. The number of nitrogens with zero attached hydrogens (tertiary/aromatic N) is 5. The highest BCUT2D eigenvalue weighted by atomic mass is 127. The number of unbranched alkanes of at least 4 members (excludes halogenated alkanes) is 1. The van der Waals surface area contributed by atoms with Crippen LogP contribution in [0.15, 0.2) is 35.6 Å². The second-order valence-corrected chi connectivity index (χ2v) is 6.17. The molecular formula is C18H24IN7O2. The van der Waals surface area contributed by atoms with Gasteiger partial charge in [-0.25, -0.2) is 4.98 Å². The average Bonchev–Trinajstić information content (AvgIpc) is 3.20. The molecule has 28 heavy (non-hydrogen) atoms. The van der Waals surface area contributed by atoms with Crippen LogP contribution in [0.4, 0.5) is 0 Å². The third-order valence-electron chi connectivity index (χ3n) is 4.42. The summed E-state index contributed by atoms with van der Waals surface area (Å²) in [6.07, 6.45) is 3.03. The number of hydrogen-bond donors (Lipinski definition) is 2. The zero-order chi connectivity index (χ0) is 19.2. The molecule has 0 spiro atoms. The summed E-state index contributed by atoms with van der Waals surface area (Å²) in [5, 5.41) is 10.4. The Morgan fingerprint density at radius 1 is 1.11 bits per heavy atom. The molecule has 1 aromatic heterocycles. The fraction of sp³-hybridized carbons (Fsp3) is 0.389. The molecule has 1 aliphatic rings. The molecule has 0 fully saturated rings. The minimum absolute atomic E-state index is 0. The summed E-state index contributed by atoms with van der Waals surface area (Å²) in [7, 11) is 3.53. The molecule has 9 nitrogen and oxygen atoms in total. The quantitative estimate of drug-likeness (QED) is 0.196. The molecule has 150 valence electrons. The predicted molar refractivity (Wildman–Crippen MR) is 116 cm³/mol. The fourth-order valence-electron chi connectivity index (χ4n) is 2.91. The van der Waals surface area contributed by atoms with Gasteiger partial charge in [0.05, 0.1) is 17.7 Å². The van der Waals surface area contributed by atoms with E-state index in [1.165, 1.54) is 11.2 Å². The molecule has 1 aliphatic heterocycles. The summed E-state index contributed by atoms with van der Waals surface area (Å²) in [6.45, 7) is 1.62. The van der Waals surface area contributed by atoms with E-state index in [4.69, 9.17) is 0 Å². The van der Waals surface area contributed by atoms with E-state index in [1.807, 2.05) is 7.05 Å². The number of aromatic nitrogens is 3. The Labute approximate surface area is 180 Å². The van der Waals surface area contributed by atoms with Crippen molar-refractivity contribution in [3.05, 3.63) is 47.5 Å². The number of rotatable bonds is 7. The number of fused-ring (bicyclic) bond motifs is 1. The van der Waals surface area contributed by atoms with Gasteiger partial charge in [-0.15, -0.1) is 24.0 Å². The normalized spacial score (nSPS) is 13.4. The lowest BCUT2D eigenvalue weighted by Gasteiger charge is -2.14. The summed E-state index contributed by atoms with van der Waals surface area (Å²) in [6, 6.07) is 6.95. The molecular weight excluding hydrogens is 473 g/mol. The molecule has 3 rings (SSSR count). The van der Waals surface area contributed by atoms with Crippen LogP contribution in [0.3, 0.4) is 0 Å². The van der Waals surface area contributed by atoms with Gasteiger partial charge >= 0.3 is 0 Å². The van der Waals surface area contributed by atoms with E-state index < -0.39 is 0 Å². The first-order valence-electron chi connectivity index (χ1n) is 8.84. The Morgan fingerprint density at radius 2 is 1.79 bits per heavy atom. The van der Waals surface area contributed by atoms with Crippen molar-refractivity contribution in [1.29, 1.82) is 0 Å². The van der Waals surface area contributed by atoms with Gasteiger partial charge in [0.2, 0.25) is 0 Å². The number of aryl methyl sites for hydroxylation is 1. The minimum atomic E-state index is -0.204. The number of aliphatic imine (C=N–C) groups is 1. The van der Waals surface area contributed by atoms with Gasteiger partial charge in [0.1, 0.15) is 12.2 Å². The molecule has 0 saturated heterocycles. The number of imide groups is 1. The van der Waals surface area contributed by atoms with E-state index >= 15 is 0 Å².